The van der Waals surface area contributed by atoms with Crippen molar-refractivity contribution >= 4 is 64.2 Å². The van der Waals surface area contributed by atoms with Crippen molar-refractivity contribution in [3.05, 3.63) is 182 Å². The molecular formula is C56H54BF2N7O2S. The number of hydrogen-bond donors (Lipinski definition) is 3. The number of hydrogen-bond acceptors (Lipinski definition) is 5. The smallest absolute Gasteiger partial charge is 0.456 e. The van der Waals surface area contributed by atoms with E-state index in [9.17, 15) is 4.79 Å². The van der Waals surface area contributed by atoms with E-state index in [0.717, 1.165) is 99.0 Å². The molecule has 4 aliphatic heterocycles. The molecule has 3 N–H and O–H groups in total. The minimum atomic E-state index is -4.04. The molecule has 0 saturated heterocycles. The van der Waals surface area contributed by atoms with E-state index in [2.05, 4.69) is 95.6 Å². The number of benzene rings is 5. The van der Waals surface area contributed by atoms with Gasteiger partial charge in [0, 0.05) is 102 Å². The molecule has 1 unspecified atom stereocenters. The molecule has 69 heavy (non-hydrogen) atoms. The van der Waals surface area contributed by atoms with Crippen LogP contribution in [0.1, 0.15) is 102 Å². The van der Waals surface area contributed by atoms with E-state index in [1.807, 2.05) is 98.8 Å². The van der Waals surface area contributed by atoms with Crippen LogP contribution >= 0.6 is 12.2 Å². The first kappa shape index (κ1) is 45.4. The lowest BCUT2D eigenvalue weighted by atomic mass is 9.75. The second-order valence-electron chi connectivity index (χ2n) is 18.1. The molecule has 6 aromatic rings. The van der Waals surface area contributed by atoms with Crippen LogP contribution in [0, 0.1) is 25.7 Å². The number of carbonyl (C=O) groups is 1. The topological polar surface area (TPSA) is 76.8 Å². The maximum atomic E-state index is 16.1. The minimum Gasteiger partial charge on any atom is -0.456 e. The molecule has 0 radical (unpaired) electrons. The fourth-order valence-corrected chi connectivity index (χ4v) is 11.2. The molecule has 1 aromatic heterocycles. The van der Waals surface area contributed by atoms with E-state index in [-0.39, 0.29) is 5.91 Å². The van der Waals surface area contributed by atoms with Crippen molar-refractivity contribution in [1.29, 1.82) is 0 Å². The highest BCUT2D eigenvalue weighted by molar-refractivity contribution is 7.80. The Hall–Kier alpha value is -7.43. The van der Waals surface area contributed by atoms with E-state index < -0.39 is 12.5 Å². The molecule has 4 aliphatic rings. The van der Waals surface area contributed by atoms with Crippen molar-refractivity contribution in [2.75, 3.05) is 46.6 Å². The van der Waals surface area contributed by atoms with Crippen LogP contribution in [0.15, 0.2) is 127 Å². The second kappa shape index (κ2) is 17.3. The van der Waals surface area contributed by atoms with Crippen LogP contribution in [0.3, 0.4) is 0 Å². The van der Waals surface area contributed by atoms with E-state index in [4.69, 9.17) is 17.0 Å². The van der Waals surface area contributed by atoms with Crippen LogP contribution in [0.25, 0.3) is 5.57 Å². The van der Waals surface area contributed by atoms with Crippen LogP contribution < -0.4 is 30.5 Å². The number of carbonyl (C=O) groups excluding carboxylic acids is 1. The summed E-state index contributed by atoms with van der Waals surface area (Å²) >= 11 is 5.99. The molecule has 0 saturated carbocycles. The highest BCUT2D eigenvalue weighted by Gasteiger charge is 2.55. The molecule has 1 amide bonds. The van der Waals surface area contributed by atoms with Crippen LogP contribution in [-0.2, 0) is 5.54 Å². The number of amides is 1. The Morgan fingerprint density at radius 1 is 0.783 bits per heavy atom. The largest absolute Gasteiger partial charge is 0.737 e. The molecule has 13 heteroatoms. The van der Waals surface area contributed by atoms with Gasteiger partial charge in [-0.05, 0) is 144 Å². The molecule has 0 fully saturated rings. The van der Waals surface area contributed by atoms with Gasteiger partial charge in [-0.15, -0.1) is 0 Å². The quantitative estimate of drug-likeness (QED) is 0.0757. The molecule has 5 heterocycles. The molecule has 10 rings (SSSR count). The van der Waals surface area contributed by atoms with Gasteiger partial charge in [0.25, 0.3) is 5.91 Å². The highest BCUT2D eigenvalue weighted by Crippen LogP contribution is 2.56. The number of allylic oxidation sites excluding steroid dienone is 2. The van der Waals surface area contributed by atoms with Crippen LogP contribution in [-0.4, -0.2) is 58.8 Å². The molecule has 348 valence electrons. The summed E-state index contributed by atoms with van der Waals surface area (Å²) in [6.45, 7) is 15.0. The molecule has 0 aliphatic carbocycles. The third-order valence-corrected chi connectivity index (χ3v) is 14.3. The average Bonchev–Trinajstić information content (AvgIpc) is 3.94. The lowest BCUT2D eigenvalue weighted by Crippen LogP contribution is -2.51. The van der Waals surface area contributed by atoms with Crippen molar-refractivity contribution in [3.63, 3.8) is 0 Å². The van der Waals surface area contributed by atoms with E-state index in [1.165, 1.54) is 8.96 Å². The van der Waals surface area contributed by atoms with Gasteiger partial charge in [0.15, 0.2) is 10.8 Å². The number of ether oxygens (including phenoxy) is 1. The number of aryl methyl sites for hydroxylation is 2. The monoisotopic (exact) mass is 937 g/mol. The zero-order valence-electron chi connectivity index (χ0n) is 40.1. The third-order valence-electron chi connectivity index (χ3n) is 14.1. The number of rotatable bonds is 9. The summed E-state index contributed by atoms with van der Waals surface area (Å²) < 4.78 is 41.6. The van der Waals surface area contributed by atoms with Crippen molar-refractivity contribution in [1.82, 2.24) is 9.79 Å². The van der Waals surface area contributed by atoms with Gasteiger partial charge in [-0.25, -0.2) is 0 Å². The van der Waals surface area contributed by atoms with Crippen molar-refractivity contribution in [2.45, 2.75) is 60.9 Å². The van der Waals surface area contributed by atoms with Gasteiger partial charge in [-0.2, -0.15) is 0 Å². The number of anilines is 4. The van der Waals surface area contributed by atoms with Gasteiger partial charge < -0.3 is 48.1 Å². The van der Waals surface area contributed by atoms with Gasteiger partial charge >= 0.3 is 6.97 Å². The Morgan fingerprint density at radius 2 is 1.43 bits per heavy atom. The fourth-order valence-electron chi connectivity index (χ4n) is 10.9. The highest BCUT2D eigenvalue weighted by atomic mass is 32.1. The summed E-state index contributed by atoms with van der Waals surface area (Å²) in [4.78, 5) is 18.4. The molecule has 1 spiro atoms. The number of aromatic nitrogens is 1. The maximum Gasteiger partial charge on any atom is 0.737 e. The minimum absolute atomic E-state index is 0.142. The third kappa shape index (κ3) is 7.31. The van der Waals surface area contributed by atoms with Gasteiger partial charge in [0.05, 0.1) is 16.9 Å². The number of halogens is 2. The SMILES string of the molecule is CCN(CC)c1ccc2c(c1)Oc1cc(N(CC)CC)c(NC(=S)Nc3ccc(C#Cc4ccc(C5=C6C(C)=CC(C)=[N+]6[B-](F)(F)n6c(C)cc(C)c65)cc4)cc3)cc1C21NC(=O)c2ccccc21. The molecular weight excluding hydrogens is 884 g/mol. The van der Waals surface area contributed by atoms with E-state index in [0.29, 0.717) is 45.0 Å². The van der Waals surface area contributed by atoms with Gasteiger partial charge in [-0.3, -0.25) is 4.79 Å². The first-order valence-corrected chi connectivity index (χ1v) is 24.1. The number of fused-ring (bicyclic) bond motifs is 8. The van der Waals surface area contributed by atoms with Crippen molar-refractivity contribution in [2.24, 2.45) is 0 Å². The molecule has 5 aromatic carbocycles. The predicted octanol–water partition coefficient (Wildman–Crippen LogP) is 11.6. The lowest BCUT2D eigenvalue weighted by molar-refractivity contribution is -0.363. The fraction of sp³-hybridized carbons (Fsp3) is 0.232. The van der Waals surface area contributed by atoms with Gasteiger partial charge in [0.1, 0.15) is 22.7 Å². The maximum absolute atomic E-state index is 16.1. The Morgan fingerprint density at radius 3 is 2.12 bits per heavy atom. The zero-order valence-corrected chi connectivity index (χ0v) is 41.0. The summed E-state index contributed by atoms with van der Waals surface area (Å²) in [5.74, 6) is 7.78. The summed E-state index contributed by atoms with van der Waals surface area (Å²) in [7, 11) is 0. The molecule has 1 atom stereocenters. The predicted molar refractivity (Wildman–Crippen MR) is 281 cm³/mol. The molecule has 0 bridgehead atoms. The Balaban J connectivity index is 0.914. The Labute approximate surface area is 408 Å². The van der Waals surface area contributed by atoms with Crippen LogP contribution in [0.4, 0.5) is 31.4 Å². The first-order chi connectivity index (χ1) is 33.2. The molecule has 9 nitrogen and oxygen atoms in total. The van der Waals surface area contributed by atoms with E-state index in [1.54, 1.807) is 13.8 Å². The number of nitrogens with one attached hydrogen (secondary N) is 3. The van der Waals surface area contributed by atoms with Gasteiger partial charge in [-0.1, -0.05) is 48.2 Å². The standard InChI is InChI=1S/C56H54BF2N7O2S/c1-9-63(10-2)42-27-28-45-49(31-42)68-50-33-48(64(11-3)12-4)47(32-46(50)56(45)44-16-14-13-15-43(44)54(67)62-56)61-55(69)60-41-25-21-39(22-26-41)18-17-38-19-23-40(24-20-38)51-52-34(5)29-36(7)65(52)57(58,59)66-37(8)30-35(6)53(51)66/h13-16,19-33H,9-12H2,1-8H3,(H,62,67)(H2,60,61,69). The summed E-state index contributed by atoms with van der Waals surface area (Å²) in [5.41, 5.74) is 12.8. The first-order valence-electron chi connectivity index (χ1n) is 23.7. The Bertz CT molecular complexity index is 3300. The second-order valence-corrected chi connectivity index (χ2v) is 18.5. The van der Waals surface area contributed by atoms with Crippen molar-refractivity contribution < 1.29 is 22.6 Å². The van der Waals surface area contributed by atoms with E-state index >= 15 is 8.63 Å². The van der Waals surface area contributed by atoms with Crippen LogP contribution in [0.5, 0.6) is 11.5 Å². The van der Waals surface area contributed by atoms with Gasteiger partial charge in [0.2, 0.25) is 0 Å². The average molecular weight is 938 g/mol. The lowest BCUT2D eigenvalue weighted by Gasteiger charge is -2.40. The summed E-state index contributed by atoms with van der Waals surface area (Å²) in [6.07, 6.45) is 1.84. The van der Waals surface area contributed by atoms with Crippen molar-refractivity contribution in [3.8, 4) is 23.3 Å². The normalized spacial score (nSPS) is 16.8. The zero-order chi connectivity index (χ0) is 48.5. The van der Waals surface area contributed by atoms with Crippen LogP contribution in [0.2, 0.25) is 0 Å². The number of nitrogens with zero attached hydrogens (tertiary/aromatic N) is 4. The summed E-state index contributed by atoms with van der Waals surface area (Å²) in [6, 6.07) is 35.6. The Kier molecular flexibility index (Phi) is 11.4. The summed E-state index contributed by atoms with van der Waals surface area (Å²) in [5, 5.41) is 10.7. The number of thiocarbonyl (C=S) groups is 1.